The third-order valence-corrected chi connectivity index (χ3v) is 3.30. The number of aromatic nitrogens is 2. The molecule has 0 saturated carbocycles. The number of H-pyrrole nitrogens is 1. The molecule has 78 valence electrons. The molecule has 1 saturated heterocycles. The van der Waals surface area contributed by atoms with Crippen molar-refractivity contribution < 1.29 is 0 Å². The maximum absolute atomic E-state index is 6.24. The van der Waals surface area contributed by atoms with Crippen LogP contribution in [0.25, 0.3) is 0 Å². The fraction of sp³-hybridized carbons (Fsp3) is 0.700. The Morgan fingerprint density at radius 2 is 2.14 bits per heavy atom. The normalized spacial score (nSPS) is 18.7. The third-order valence-electron chi connectivity index (χ3n) is 2.88. The first kappa shape index (κ1) is 9.99. The van der Waals surface area contributed by atoms with Crippen LogP contribution in [0, 0.1) is 0 Å². The van der Waals surface area contributed by atoms with Crippen molar-refractivity contribution in [2.75, 3.05) is 13.1 Å². The van der Waals surface area contributed by atoms with E-state index in [9.17, 15) is 0 Å². The van der Waals surface area contributed by atoms with Crippen LogP contribution in [0.1, 0.15) is 37.1 Å². The molecule has 0 unspecified atom stereocenters. The predicted molar refractivity (Wildman–Crippen MR) is 57.8 cm³/mol. The minimum absolute atomic E-state index is 0.542. The minimum atomic E-state index is 0.542. The lowest BCUT2D eigenvalue weighted by molar-refractivity contribution is 0.453. The van der Waals surface area contributed by atoms with Crippen molar-refractivity contribution >= 4 is 11.6 Å². The summed E-state index contributed by atoms with van der Waals surface area (Å²) in [6, 6.07) is 0. The standard InChI is InChI=1S/C10H16ClN3/c1-2-8-9(11)10(14-13-8)7-3-5-12-6-4-7/h7,12H,2-6H2,1H3,(H,13,14). The summed E-state index contributed by atoms with van der Waals surface area (Å²) in [5.74, 6) is 0.542. The van der Waals surface area contributed by atoms with Crippen molar-refractivity contribution in [2.24, 2.45) is 0 Å². The number of piperidine rings is 1. The van der Waals surface area contributed by atoms with E-state index in [0.717, 1.165) is 48.8 Å². The minimum Gasteiger partial charge on any atom is -0.317 e. The SMILES string of the molecule is CCc1[nH]nc(C2CCNCC2)c1Cl. The van der Waals surface area contributed by atoms with E-state index in [0.29, 0.717) is 5.92 Å². The fourth-order valence-electron chi connectivity index (χ4n) is 1.98. The number of rotatable bonds is 2. The summed E-state index contributed by atoms with van der Waals surface area (Å²) in [4.78, 5) is 0. The Hall–Kier alpha value is -0.540. The molecule has 2 rings (SSSR count). The summed E-state index contributed by atoms with van der Waals surface area (Å²) >= 11 is 6.24. The molecule has 0 spiro atoms. The lowest BCUT2D eigenvalue weighted by Crippen LogP contribution is -2.26. The fourth-order valence-corrected chi connectivity index (χ4v) is 2.35. The van der Waals surface area contributed by atoms with Crippen LogP contribution in [0.2, 0.25) is 5.02 Å². The second-order valence-electron chi connectivity index (χ2n) is 3.78. The molecule has 0 bridgehead atoms. The van der Waals surface area contributed by atoms with Gasteiger partial charge in [0.25, 0.3) is 0 Å². The highest BCUT2D eigenvalue weighted by atomic mass is 35.5. The first-order valence-corrected chi connectivity index (χ1v) is 5.64. The lowest BCUT2D eigenvalue weighted by atomic mass is 9.94. The summed E-state index contributed by atoms with van der Waals surface area (Å²) < 4.78 is 0. The Morgan fingerprint density at radius 3 is 2.71 bits per heavy atom. The van der Waals surface area contributed by atoms with Gasteiger partial charge in [0.2, 0.25) is 0 Å². The van der Waals surface area contributed by atoms with Crippen molar-refractivity contribution in [3.8, 4) is 0 Å². The molecule has 1 aromatic rings. The number of nitrogens with one attached hydrogen (secondary N) is 2. The van der Waals surface area contributed by atoms with Gasteiger partial charge in [0.05, 0.1) is 16.4 Å². The van der Waals surface area contributed by atoms with Gasteiger partial charge >= 0.3 is 0 Å². The van der Waals surface area contributed by atoms with Crippen molar-refractivity contribution in [1.29, 1.82) is 0 Å². The zero-order valence-electron chi connectivity index (χ0n) is 8.44. The number of halogens is 1. The van der Waals surface area contributed by atoms with Gasteiger partial charge in [0.15, 0.2) is 0 Å². The molecule has 0 aromatic carbocycles. The third kappa shape index (κ3) is 1.79. The summed E-state index contributed by atoms with van der Waals surface area (Å²) in [5.41, 5.74) is 2.14. The van der Waals surface area contributed by atoms with Gasteiger partial charge in [-0.3, -0.25) is 5.10 Å². The van der Waals surface area contributed by atoms with Gasteiger partial charge in [0.1, 0.15) is 0 Å². The molecule has 0 amide bonds. The Morgan fingerprint density at radius 1 is 1.43 bits per heavy atom. The number of hydrogen-bond acceptors (Lipinski definition) is 2. The summed E-state index contributed by atoms with van der Waals surface area (Å²) in [6.45, 7) is 4.25. The van der Waals surface area contributed by atoms with Crippen LogP contribution in [-0.2, 0) is 6.42 Å². The molecule has 14 heavy (non-hydrogen) atoms. The maximum Gasteiger partial charge on any atom is 0.0850 e. The molecule has 3 nitrogen and oxygen atoms in total. The van der Waals surface area contributed by atoms with E-state index in [-0.39, 0.29) is 0 Å². The molecule has 1 aromatic heterocycles. The van der Waals surface area contributed by atoms with Crippen molar-refractivity contribution in [1.82, 2.24) is 15.5 Å². The van der Waals surface area contributed by atoms with Crippen LogP contribution < -0.4 is 5.32 Å². The molecule has 1 aliphatic heterocycles. The van der Waals surface area contributed by atoms with Crippen molar-refractivity contribution in [2.45, 2.75) is 32.1 Å². The average molecular weight is 214 g/mol. The van der Waals surface area contributed by atoms with E-state index < -0.39 is 0 Å². The monoisotopic (exact) mass is 213 g/mol. The molecule has 0 radical (unpaired) electrons. The number of aryl methyl sites for hydroxylation is 1. The highest BCUT2D eigenvalue weighted by molar-refractivity contribution is 6.31. The maximum atomic E-state index is 6.24. The second kappa shape index (κ2) is 4.32. The Bertz CT molecular complexity index is 302. The van der Waals surface area contributed by atoms with Gasteiger partial charge in [-0.05, 0) is 32.4 Å². The summed E-state index contributed by atoms with van der Waals surface area (Å²) in [6.07, 6.45) is 3.22. The molecular weight excluding hydrogens is 198 g/mol. The lowest BCUT2D eigenvalue weighted by Gasteiger charge is -2.20. The molecule has 2 heterocycles. The smallest absolute Gasteiger partial charge is 0.0850 e. The van der Waals surface area contributed by atoms with Crippen LogP contribution in [0.3, 0.4) is 0 Å². The van der Waals surface area contributed by atoms with E-state index in [1.54, 1.807) is 0 Å². The molecule has 2 N–H and O–H groups in total. The highest BCUT2D eigenvalue weighted by Crippen LogP contribution is 2.31. The van der Waals surface area contributed by atoms with E-state index >= 15 is 0 Å². The van der Waals surface area contributed by atoms with E-state index in [1.165, 1.54) is 0 Å². The van der Waals surface area contributed by atoms with Crippen LogP contribution in [0.4, 0.5) is 0 Å². The molecule has 1 aliphatic rings. The molecule has 4 heteroatoms. The number of aromatic amines is 1. The zero-order valence-corrected chi connectivity index (χ0v) is 9.19. The number of nitrogens with zero attached hydrogens (tertiary/aromatic N) is 1. The van der Waals surface area contributed by atoms with Gasteiger partial charge in [0, 0.05) is 5.92 Å². The Labute approximate surface area is 89.2 Å². The largest absolute Gasteiger partial charge is 0.317 e. The highest BCUT2D eigenvalue weighted by Gasteiger charge is 2.21. The molecule has 1 fully saturated rings. The quantitative estimate of drug-likeness (QED) is 0.790. The van der Waals surface area contributed by atoms with Crippen molar-refractivity contribution in [3.63, 3.8) is 0 Å². The number of hydrogen-bond donors (Lipinski definition) is 2. The summed E-state index contributed by atoms with van der Waals surface area (Å²) in [5, 5.41) is 11.5. The average Bonchev–Trinajstić information content (AvgIpc) is 2.61. The first-order valence-electron chi connectivity index (χ1n) is 5.26. The van der Waals surface area contributed by atoms with Gasteiger partial charge < -0.3 is 5.32 Å². The van der Waals surface area contributed by atoms with Gasteiger partial charge in [-0.2, -0.15) is 5.10 Å². The topological polar surface area (TPSA) is 40.7 Å². The van der Waals surface area contributed by atoms with E-state index in [1.807, 2.05) is 0 Å². The van der Waals surface area contributed by atoms with Crippen LogP contribution >= 0.6 is 11.6 Å². The van der Waals surface area contributed by atoms with E-state index in [4.69, 9.17) is 11.6 Å². The second-order valence-corrected chi connectivity index (χ2v) is 4.16. The van der Waals surface area contributed by atoms with Crippen molar-refractivity contribution in [3.05, 3.63) is 16.4 Å². The van der Waals surface area contributed by atoms with E-state index in [2.05, 4.69) is 22.4 Å². The molecular formula is C10H16ClN3. The molecule has 0 aliphatic carbocycles. The van der Waals surface area contributed by atoms with Gasteiger partial charge in [-0.15, -0.1) is 0 Å². The molecule has 0 atom stereocenters. The predicted octanol–water partition coefficient (Wildman–Crippen LogP) is 2.09. The summed E-state index contributed by atoms with van der Waals surface area (Å²) in [7, 11) is 0. The first-order chi connectivity index (χ1) is 6.83. The van der Waals surface area contributed by atoms with Crippen LogP contribution in [0.5, 0.6) is 0 Å². The van der Waals surface area contributed by atoms with Gasteiger partial charge in [-0.1, -0.05) is 18.5 Å². The van der Waals surface area contributed by atoms with Crippen LogP contribution in [0.15, 0.2) is 0 Å². The van der Waals surface area contributed by atoms with Crippen LogP contribution in [-0.4, -0.2) is 23.3 Å². The Balaban J connectivity index is 2.18. The zero-order chi connectivity index (χ0) is 9.97. The Kier molecular flexibility index (Phi) is 3.08. The van der Waals surface area contributed by atoms with Gasteiger partial charge in [-0.25, -0.2) is 0 Å².